The Bertz CT molecular complexity index is 1070. The first-order valence-corrected chi connectivity index (χ1v) is 11.1. The molecule has 0 saturated carbocycles. The van der Waals surface area contributed by atoms with Crippen molar-refractivity contribution in [3.63, 3.8) is 0 Å². The van der Waals surface area contributed by atoms with E-state index in [2.05, 4.69) is 37.5 Å². The molecular formula is C26H33NO5. The maximum atomic E-state index is 12.7. The molecule has 0 bridgehead atoms. The number of benzene rings is 1. The first-order chi connectivity index (χ1) is 15.3. The topological polar surface area (TPSA) is 85.6 Å². The molecule has 0 radical (unpaired) electrons. The molecule has 0 amide bonds. The number of carboxylic acids is 1. The summed E-state index contributed by atoms with van der Waals surface area (Å²) in [6.07, 6.45) is 10.0. The van der Waals surface area contributed by atoms with Gasteiger partial charge in [0.2, 0.25) is 5.78 Å². The highest BCUT2D eigenvalue weighted by Gasteiger charge is 2.26. The van der Waals surface area contributed by atoms with Crippen molar-refractivity contribution in [2.24, 2.45) is 0 Å². The molecule has 0 spiro atoms. The molecule has 1 aromatic carbocycles. The number of carbonyl (C=O) groups is 3. The Morgan fingerprint density at radius 3 is 2.47 bits per heavy atom. The molecule has 1 N–H and O–H groups in total. The van der Waals surface area contributed by atoms with Crippen LogP contribution in [0.4, 0.5) is 0 Å². The van der Waals surface area contributed by atoms with Gasteiger partial charge in [-0.1, -0.05) is 51.0 Å². The maximum Gasteiger partial charge on any atom is 0.341 e. The van der Waals surface area contributed by atoms with E-state index in [-0.39, 0.29) is 5.56 Å². The van der Waals surface area contributed by atoms with Gasteiger partial charge < -0.3 is 14.4 Å². The minimum absolute atomic E-state index is 0.285. The molecule has 0 unspecified atom stereocenters. The summed E-state index contributed by atoms with van der Waals surface area (Å²) in [6, 6.07) is 1.78. The number of aldehydes is 1. The van der Waals surface area contributed by atoms with Crippen LogP contribution in [0.3, 0.4) is 0 Å². The fourth-order valence-electron chi connectivity index (χ4n) is 4.04. The highest BCUT2D eigenvalue weighted by molar-refractivity contribution is 6.37. The smallest absolute Gasteiger partial charge is 0.341 e. The molecule has 0 aliphatic carbocycles. The molecule has 2 aromatic rings. The minimum Gasteiger partial charge on any atom is -0.481 e. The zero-order valence-electron chi connectivity index (χ0n) is 19.7. The number of Topliss-reactive ketones (excluding diaryl/α,β-unsaturated/α-hetero) is 1. The third-order valence-corrected chi connectivity index (χ3v) is 5.60. The van der Waals surface area contributed by atoms with E-state index in [4.69, 9.17) is 9.84 Å². The van der Waals surface area contributed by atoms with E-state index in [1.165, 1.54) is 5.57 Å². The van der Waals surface area contributed by atoms with Crippen LogP contribution in [0.2, 0.25) is 0 Å². The van der Waals surface area contributed by atoms with Crippen molar-refractivity contribution in [3.05, 3.63) is 52.3 Å². The van der Waals surface area contributed by atoms with Gasteiger partial charge in [0, 0.05) is 12.2 Å². The summed E-state index contributed by atoms with van der Waals surface area (Å²) in [5, 5.41) is 9.65. The molecule has 172 valence electrons. The van der Waals surface area contributed by atoms with Crippen LogP contribution in [0.5, 0.6) is 5.75 Å². The average molecular weight is 440 g/mol. The molecule has 0 aliphatic heterocycles. The standard InChI is InChI=1S/C26H33NO5/c1-6-9-10-12-19(8-3)14-27-18(5)24(21(29)15-28)25-22(32-16-23(30)31)13-17(4)20(11-7-2)26(25)27/h9-10,12-13,15H,6-8,11,14,16H2,1-5H3,(H,30,31)/b10-9-,19-12+. The van der Waals surface area contributed by atoms with Crippen LogP contribution in [0.1, 0.15) is 67.2 Å². The molecule has 0 saturated heterocycles. The Morgan fingerprint density at radius 2 is 1.91 bits per heavy atom. The van der Waals surface area contributed by atoms with Crippen molar-refractivity contribution in [1.82, 2.24) is 4.57 Å². The molecule has 1 aromatic heterocycles. The molecule has 0 fully saturated rings. The number of ether oxygens (including phenoxy) is 1. The molecule has 0 atom stereocenters. The van der Waals surface area contributed by atoms with Crippen LogP contribution in [0.15, 0.2) is 29.9 Å². The van der Waals surface area contributed by atoms with Gasteiger partial charge in [0.05, 0.1) is 16.5 Å². The minimum atomic E-state index is -1.10. The fourth-order valence-corrected chi connectivity index (χ4v) is 4.04. The van der Waals surface area contributed by atoms with Crippen LogP contribution in [-0.4, -0.2) is 34.3 Å². The highest BCUT2D eigenvalue weighted by Crippen LogP contribution is 2.39. The average Bonchev–Trinajstić information content (AvgIpc) is 3.05. The second-order valence-electron chi connectivity index (χ2n) is 7.87. The van der Waals surface area contributed by atoms with E-state index >= 15 is 0 Å². The van der Waals surface area contributed by atoms with Crippen molar-refractivity contribution in [2.45, 2.75) is 66.8 Å². The number of aromatic nitrogens is 1. The Kier molecular flexibility index (Phi) is 9.00. The lowest BCUT2D eigenvalue weighted by Gasteiger charge is -2.16. The first kappa shape index (κ1) is 25.1. The number of carboxylic acid groups (broad SMARTS) is 1. The molecule has 0 aliphatic rings. The van der Waals surface area contributed by atoms with Gasteiger partial charge in [-0.05, 0) is 50.3 Å². The summed E-state index contributed by atoms with van der Waals surface area (Å²) in [5.74, 6) is -1.42. The Hall–Kier alpha value is -3.15. The van der Waals surface area contributed by atoms with Crippen molar-refractivity contribution in [1.29, 1.82) is 0 Å². The molecular weight excluding hydrogens is 406 g/mol. The van der Waals surface area contributed by atoms with Crippen LogP contribution in [0, 0.1) is 13.8 Å². The summed E-state index contributed by atoms with van der Waals surface area (Å²) in [7, 11) is 0. The van der Waals surface area contributed by atoms with Crippen LogP contribution in [0.25, 0.3) is 10.9 Å². The summed E-state index contributed by atoms with van der Waals surface area (Å²) in [6.45, 7) is 10.1. The number of hydrogen-bond donors (Lipinski definition) is 1. The highest BCUT2D eigenvalue weighted by atomic mass is 16.5. The Balaban J connectivity index is 2.90. The van der Waals surface area contributed by atoms with Gasteiger partial charge in [-0.2, -0.15) is 0 Å². The third kappa shape index (κ3) is 5.36. The monoisotopic (exact) mass is 439 g/mol. The number of aryl methyl sites for hydroxylation is 2. The number of nitrogens with zero attached hydrogens (tertiary/aromatic N) is 1. The van der Waals surface area contributed by atoms with E-state index in [0.717, 1.165) is 42.3 Å². The number of fused-ring (bicyclic) bond motifs is 1. The van der Waals surface area contributed by atoms with Crippen molar-refractivity contribution in [2.75, 3.05) is 6.61 Å². The number of carbonyl (C=O) groups excluding carboxylic acids is 2. The number of rotatable bonds is 12. The summed E-state index contributed by atoms with van der Waals surface area (Å²) < 4.78 is 7.68. The largest absolute Gasteiger partial charge is 0.481 e. The molecule has 32 heavy (non-hydrogen) atoms. The van der Waals surface area contributed by atoms with Crippen LogP contribution < -0.4 is 4.74 Å². The van der Waals surface area contributed by atoms with Gasteiger partial charge in [-0.25, -0.2) is 4.79 Å². The SMILES string of the molecule is CC/C=C\C=C(/CC)Cn1c(C)c(C(=O)C=O)c2c(OCC(=O)O)cc(C)c(CCC)c21. The maximum absolute atomic E-state index is 12.7. The zero-order chi connectivity index (χ0) is 23.8. The number of allylic oxidation sites excluding steroid dienone is 4. The van der Waals surface area contributed by atoms with Crippen LogP contribution >= 0.6 is 0 Å². The van der Waals surface area contributed by atoms with Crippen molar-refractivity contribution < 1.29 is 24.2 Å². The number of aliphatic carboxylic acids is 1. The van der Waals surface area contributed by atoms with Gasteiger partial charge in [0.1, 0.15) is 5.75 Å². The lowest BCUT2D eigenvalue weighted by Crippen LogP contribution is -2.11. The summed E-state index contributed by atoms with van der Waals surface area (Å²) in [5.41, 5.74) is 5.03. The van der Waals surface area contributed by atoms with Gasteiger partial charge in [0.25, 0.3) is 0 Å². The van der Waals surface area contributed by atoms with E-state index in [1.807, 2.05) is 19.9 Å². The van der Waals surface area contributed by atoms with E-state index in [9.17, 15) is 14.4 Å². The lowest BCUT2D eigenvalue weighted by molar-refractivity contribution is -0.139. The van der Waals surface area contributed by atoms with Gasteiger partial charge in [-0.3, -0.25) is 9.59 Å². The second kappa shape index (κ2) is 11.5. The van der Waals surface area contributed by atoms with Crippen LogP contribution in [-0.2, 0) is 22.6 Å². The quantitative estimate of drug-likeness (QED) is 0.208. The van der Waals surface area contributed by atoms with E-state index in [0.29, 0.717) is 29.7 Å². The fraction of sp³-hybridized carbons (Fsp3) is 0.423. The first-order valence-electron chi connectivity index (χ1n) is 11.1. The van der Waals surface area contributed by atoms with E-state index in [1.54, 1.807) is 6.07 Å². The van der Waals surface area contributed by atoms with Crippen molar-refractivity contribution >= 4 is 28.9 Å². The molecule has 2 rings (SSSR count). The molecule has 6 heteroatoms. The summed E-state index contributed by atoms with van der Waals surface area (Å²) in [4.78, 5) is 35.3. The van der Waals surface area contributed by atoms with Gasteiger partial charge in [0.15, 0.2) is 12.9 Å². The Labute approximate surface area is 189 Å². The predicted octanol–water partition coefficient (Wildman–Crippen LogP) is 5.36. The predicted molar refractivity (Wildman–Crippen MR) is 127 cm³/mol. The third-order valence-electron chi connectivity index (χ3n) is 5.60. The molecule has 1 heterocycles. The Morgan fingerprint density at radius 1 is 1.19 bits per heavy atom. The van der Waals surface area contributed by atoms with Crippen molar-refractivity contribution in [3.8, 4) is 5.75 Å². The zero-order valence-corrected chi connectivity index (χ0v) is 19.7. The van der Waals surface area contributed by atoms with E-state index < -0.39 is 18.4 Å². The van der Waals surface area contributed by atoms with Gasteiger partial charge >= 0.3 is 5.97 Å². The second-order valence-corrected chi connectivity index (χ2v) is 7.87. The molecule has 6 nitrogen and oxygen atoms in total. The number of hydrogen-bond acceptors (Lipinski definition) is 4. The number of ketones is 1. The normalized spacial score (nSPS) is 12.0. The van der Waals surface area contributed by atoms with Gasteiger partial charge in [-0.15, -0.1) is 0 Å². The lowest BCUT2D eigenvalue weighted by atomic mass is 9.97. The summed E-state index contributed by atoms with van der Waals surface area (Å²) >= 11 is 0.